The van der Waals surface area contributed by atoms with Crippen LogP contribution in [0.25, 0.3) is 0 Å². The van der Waals surface area contributed by atoms with Gasteiger partial charge >= 0.3 is 0 Å². The van der Waals surface area contributed by atoms with Gasteiger partial charge in [0.2, 0.25) is 5.91 Å². The fourth-order valence-corrected chi connectivity index (χ4v) is 1.77. The van der Waals surface area contributed by atoms with Gasteiger partial charge in [-0.2, -0.15) is 5.26 Å². The first-order valence-corrected chi connectivity index (χ1v) is 6.31. The molecule has 5 heteroatoms. The molecule has 0 bridgehead atoms. The smallest absolute Gasteiger partial charge is 0.241 e. The molecule has 0 aliphatic heterocycles. The Hall–Kier alpha value is -1.38. The van der Waals surface area contributed by atoms with Crippen molar-refractivity contribution < 1.29 is 4.79 Å². The van der Waals surface area contributed by atoms with E-state index in [9.17, 15) is 4.79 Å². The molecule has 1 aromatic carbocycles. The molecule has 1 aromatic rings. The number of halogens is 1. The van der Waals surface area contributed by atoms with Crippen LogP contribution in [0.1, 0.15) is 26.3 Å². The normalized spacial score (nSPS) is 12.7. The van der Waals surface area contributed by atoms with Crippen molar-refractivity contribution in [2.45, 2.75) is 26.8 Å². The van der Waals surface area contributed by atoms with E-state index in [1.54, 1.807) is 18.2 Å². The predicted molar refractivity (Wildman–Crippen MR) is 74.9 cm³/mol. The van der Waals surface area contributed by atoms with Gasteiger partial charge in [0.1, 0.15) is 0 Å². The molecule has 3 N–H and O–H groups in total. The third kappa shape index (κ3) is 3.56. The molecule has 0 aliphatic carbocycles. The van der Waals surface area contributed by atoms with E-state index in [0.717, 1.165) is 0 Å². The second-order valence-corrected chi connectivity index (χ2v) is 5.99. The zero-order valence-corrected chi connectivity index (χ0v) is 12.2. The number of nitrogens with two attached hydrogens (primary N) is 1. The molecule has 1 unspecified atom stereocenters. The zero-order valence-electron chi connectivity index (χ0n) is 10.6. The van der Waals surface area contributed by atoms with Gasteiger partial charge < -0.3 is 11.1 Å². The molecule has 0 heterocycles. The lowest BCUT2D eigenvalue weighted by Gasteiger charge is -2.26. The zero-order chi connectivity index (χ0) is 13.9. The topological polar surface area (TPSA) is 78.9 Å². The molecule has 96 valence electrons. The summed E-state index contributed by atoms with van der Waals surface area (Å²) in [6, 6.07) is 6.40. The summed E-state index contributed by atoms with van der Waals surface area (Å²) >= 11 is 3.31. The van der Waals surface area contributed by atoms with Crippen molar-refractivity contribution in [3.8, 4) is 6.07 Å². The summed E-state index contributed by atoms with van der Waals surface area (Å²) in [5.41, 5.74) is 6.70. The average molecular weight is 310 g/mol. The van der Waals surface area contributed by atoms with Crippen molar-refractivity contribution in [2.75, 3.05) is 5.32 Å². The summed E-state index contributed by atoms with van der Waals surface area (Å²) in [6.45, 7) is 5.72. The third-order valence-corrected chi connectivity index (χ3v) is 3.23. The molecule has 0 saturated heterocycles. The maximum atomic E-state index is 11.9. The number of carbonyl (C=O) groups excluding carboxylic acids is 1. The molecular formula is C13H16BrN3O. The van der Waals surface area contributed by atoms with Crippen molar-refractivity contribution in [3.63, 3.8) is 0 Å². The van der Waals surface area contributed by atoms with Crippen molar-refractivity contribution in [2.24, 2.45) is 11.1 Å². The SMILES string of the molecule is CC(C)(C)C(N)C(=O)Nc1ccc(C#N)cc1Br. The summed E-state index contributed by atoms with van der Waals surface area (Å²) in [5, 5.41) is 11.5. The molecular weight excluding hydrogens is 294 g/mol. The van der Waals surface area contributed by atoms with E-state index in [0.29, 0.717) is 15.7 Å². The Morgan fingerprint density at radius 2 is 2.11 bits per heavy atom. The van der Waals surface area contributed by atoms with Crippen LogP contribution in [0.5, 0.6) is 0 Å². The monoisotopic (exact) mass is 309 g/mol. The van der Waals surface area contributed by atoms with Crippen LogP contribution in [-0.4, -0.2) is 11.9 Å². The number of nitriles is 1. The Morgan fingerprint density at radius 3 is 2.56 bits per heavy atom. The second kappa shape index (κ2) is 5.51. The molecule has 4 nitrogen and oxygen atoms in total. The van der Waals surface area contributed by atoms with Crippen molar-refractivity contribution in [1.29, 1.82) is 5.26 Å². The number of amides is 1. The lowest BCUT2D eigenvalue weighted by atomic mass is 9.87. The Bertz CT molecular complexity index is 500. The van der Waals surface area contributed by atoms with Gasteiger partial charge in [0.15, 0.2) is 0 Å². The highest BCUT2D eigenvalue weighted by atomic mass is 79.9. The number of rotatable bonds is 2. The lowest BCUT2D eigenvalue weighted by molar-refractivity contribution is -0.119. The number of carbonyl (C=O) groups is 1. The van der Waals surface area contributed by atoms with Crippen molar-refractivity contribution >= 4 is 27.5 Å². The third-order valence-electron chi connectivity index (χ3n) is 2.57. The van der Waals surface area contributed by atoms with Gasteiger partial charge in [0.05, 0.1) is 23.4 Å². The Morgan fingerprint density at radius 1 is 1.50 bits per heavy atom. The van der Waals surface area contributed by atoms with Crippen LogP contribution in [-0.2, 0) is 4.79 Å². The van der Waals surface area contributed by atoms with Gasteiger partial charge in [-0.1, -0.05) is 20.8 Å². The highest BCUT2D eigenvalue weighted by molar-refractivity contribution is 9.10. The predicted octanol–water partition coefficient (Wildman–Crippen LogP) is 2.63. The van der Waals surface area contributed by atoms with Crippen LogP contribution >= 0.6 is 15.9 Å². The molecule has 0 aliphatic rings. The van der Waals surface area contributed by atoms with Crippen LogP contribution < -0.4 is 11.1 Å². The summed E-state index contributed by atoms with van der Waals surface area (Å²) < 4.78 is 0.663. The Balaban J connectivity index is 2.87. The minimum atomic E-state index is -0.597. The fourth-order valence-electron chi connectivity index (χ4n) is 1.29. The highest BCUT2D eigenvalue weighted by Gasteiger charge is 2.27. The molecule has 0 fully saturated rings. The molecule has 1 rings (SSSR count). The molecule has 0 radical (unpaired) electrons. The van der Waals surface area contributed by atoms with Crippen LogP contribution in [0.2, 0.25) is 0 Å². The van der Waals surface area contributed by atoms with Crippen LogP contribution in [0.15, 0.2) is 22.7 Å². The van der Waals surface area contributed by atoms with Crippen molar-refractivity contribution in [3.05, 3.63) is 28.2 Å². The summed E-state index contributed by atoms with van der Waals surface area (Å²) in [5.74, 6) is -0.243. The molecule has 18 heavy (non-hydrogen) atoms. The van der Waals surface area contributed by atoms with E-state index < -0.39 is 6.04 Å². The minimum Gasteiger partial charge on any atom is -0.324 e. The van der Waals surface area contributed by atoms with E-state index in [1.807, 2.05) is 26.8 Å². The molecule has 1 atom stereocenters. The van der Waals surface area contributed by atoms with Crippen LogP contribution in [0.4, 0.5) is 5.69 Å². The van der Waals surface area contributed by atoms with Gasteiger partial charge in [-0.05, 0) is 39.5 Å². The molecule has 0 spiro atoms. The number of hydrogen-bond donors (Lipinski definition) is 2. The number of benzene rings is 1. The fraction of sp³-hybridized carbons (Fsp3) is 0.385. The maximum Gasteiger partial charge on any atom is 0.241 e. The van der Waals surface area contributed by atoms with Gasteiger partial charge in [-0.3, -0.25) is 4.79 Å². The number of nitrogens with zero attached hydrogens (tertiary/aromatic N) is 1. The van der Waals surface area contributed by atoms with Crippen molar-refractivity contribution in [1.82, 2.24) is 0 Å². The maximum absolute atomic E-state index is 11.9. The largest absolute Gasteiger partial charge is 0.324 e. The minimum absolute atomic E-state index is 0.243. The Labute approximate surface area is 115 Å². The second-order valence-electron chi connectivity index (χ2n) is 5.14. The number of nitrogens with one attached hydrogen (secondary N) is 1. The standard InChI is InChI=1S/C13H16BrN3O/c1-13(2,3)11(16)12(18)17-10-5-4-8(7-15)6-9(10)14/h4-6,11H,16H2,1-3H3,(H,17,18). The average Bonchev–Trinajstić information content (AvgIpc) is 2.29. The van der Waals surface area contributed by atoms with E-state index in [2.05, 4.69) is 21.2 Å². The quantitative estimate of drug-likeness (QED) is 0.881. The Kier molecular flexibility index (Phi) is 4.49. The first kappa shape index (κ1) is 14.7. The van der Waals surface area contributed by atoms with E-state index >= 15 is 0 Å². The molecule has 1 amide bonds. The van der Waals surface area contributed by atoms with Gasteiger partial charge in [0.25, 0.3) is 0 Å². The van der Waals surface area contributed by atoms with Gasteiger partial charge in [-0.25, -0.2) is 0 Å². The lowest BCUT2D eigenvalue weighted by Crippen LogP contribution is -2.45. The van der Waals surface area contributed by atoms with E-state index in [1.165, 1.54) is 0 Å². The van der Waals surface area contributed by atoms with Gasteiger partial charge in [0, 0.05) is 4.47 Å². The summed E-state index contributed by atoms with van der Waals surface area (Å²) in [7, 11) is 0. The summed E-state index contributed by atoms with van der Waals surface area (Å²) in [6.07, 6.45) is 0. The van der Waals surface area contributed by atoms with Crippen LogP contribution in [0, 0.1) is 16.7 Å². The van der Waals surface area contributed by atoms with Crippen LogP contribution in [0.3, 0.4) is 0 Å². The number of hydrogen-bond acceptors (Lipinski definition) is 3. The first-order valence-electron chi connectivity index (χ1n) is 5.52. The van der Waals surface area contributed by atoms with Gasteiger partial charge in [-0.15, -0.1) is 0 Å². The summed E-state index contributed by atoms with van der Waals surface area (Å²) in [4.78, 5) is 11.9. The molecule has 0 aromatic heterocycles. The van der Waals surface area contributed by atoms with E-state index in [-0.39, 0.29) is 11.3 Å². The number of anilines is 1. The first-order chi connectivity index (χ1) is 8.25. The molecule has 0 saturated carbocycles. The highest BCUT2D eigenvalue weighted by Crippen LogP contribution is 2.25. The van der Waals surface area contributed by atoms with E-state index in [4.69, 9.17) is 11.0 Å².